The zero-order valence-electron chi connectivity index (χ0n) is 13.8. The SMILES string of the molecule is CN(CC1CN(Cc2noc(C3CC3)n2)CCO1)c1cccnn1. The maximum absolute atomic E-state index is 5.90. The number of nitrogens with zero attached hydrogens (tertiary/aromatic N) is 6. The number of anilines is 1. The van der Waals surface area contributed by atoms with Gasteiger partial charge >= 0.3 is 0 Å². The van der Waals surface area contributed by atoms with Gasteiger partial charge in [-0.2, -0.15) is 10.1 Å². The van der Waals surface area contributed by atoms with Gasteiger partial charge in [-0.1, -0.05) is 5.16 Å². The van der Waals surface area contributed by atoms with Crippen molar-refractivity contribution in [2.45, 2.75) is 31.4 Å². The van der Waals surface area contributed by atoms with Crippen LogP contribution in [0.1, 0.15) is 30.5 Å². The summed E-state index contributed by atoms with van der Waals surface area (Å²) >= 11 is 0. The van der Waals surface area contributed by atoms with Crippen LogP contribution in [-0.2, 0) is 11.3 Å². The van der Waals surface area contributed by atoms with Gasteiger partial charge in [-0.25, -0.2) is 0 Å². The maximum atomic E-state index is 5.90. The second kappa shape index (κ2) is 6.82. The summed E-state index contributed by atoms with van der Waals surface area (Å²) in [5, 5.41) is 12.2. The Bertz CT molecular complexity index is 660. The molecule has 0 aromatic carbocycles. The molecule has 2 fully saturated rings. The second-order valence-electron chi connectivity index (χ2n) is 6.51. The van der Waals surface area contributed by atoms with Crippen molar-refractivity contribution in [3.63, 3.8) is 0 Å². The Morgan fingerprint density at radius 3 is 3.08 bits per heavy atom. The van der Waals surface area contributed by atoms with Crippen LogP contribution < -0.4 is 4.90 Å². The summed E-state index contributed by atoms with van der Waals surface area (Å²) in [4.78, 5) is 8.90. The number of ether oxygens (including phenoxy) is 1. The highest BCUT2D eigenvalue weighted by Crippen LogP contribution is 2.38. The van der Waals surface area contributed by atoms with Gasteiger partial charge in [0, 0.05) is 38.8 Å². The largest absolute Gasteiger partial charge is 0.374 e. The summed E-state index contributed by atoms with van der Waals surface area (Å²) in [6, 6.07) is 3.84. The molecule has 1 saturated carbocycles. The van der Waals surface area contributed by atoms with Crippen molar-refractivity contribution in [3.05, 3.63) is 30.0 Å². The molecule has 1 saturated heterocycles. The summed E-state index contributed by atoms with van der Waals surface area (Å²) in [6.45, 7) is 3.93. The summed E-state index contributed by atoms with van der Waals surface area (Å²) < 4.78 is 11.2. The van der Waals surface area contributed by atoms with E-state index in [-0.39, 0.29) is 6.10 Å². The topological polar surface area (TPSA) is 80.4 Å². The zero-order chi connectivity index (χ0) is 16.4. The normalized spacial score (nSPS) is 21.8. The van der Waals surface area contributed by atoms with Crippen molar-refractivity contribution < 1.29 is 9.26 Å². The lowest BCUT2D eigenvalue weighted by atomic mass is 10.2. The van der Waals surface area contributed by atoms with E-state index in [0.717, 1.165) is 37.2 Å². The molecular formula is C16H22N6O2. The molecule has 0 spiro atoms. The van der Waals surface area contributed by atoms with Gasteiger partial charge in [0.2, 0.25) is 5.89 Å². The Morgan fingerprint density at radius 2 is 2.29 bits per heavy atom. The van der Waals surface area contributed by atoms with Gasteiger partial charge in [0.15, 0.2) is 11.6 Å². The van der Waals surface area contributed by atoms with Crippen LogP contribution in [0.2, 0.25) is 0 Å². The molecule has 8 heteroatoms. The molecule has 0 N–H and O–H groups in total. The molecular weight excluding hydrogens is 308 g/mol. The fourth-order valence-corrected chi connectivity index (χ4v) is 2.96. The standard InChI is InChI=1S/C16H22N6O2/c1-21(15-3-2-6-17-19-15)9-13-10-22(7-8-23-13)11-14-18-16(24-20-14)12-4-5-12/h2-3,6,12-13H,4-5,7-11H2,1H3. The average Bonchev–Trinajstić information content (AvgIpc) is 3.36. The van der Waals surface area contributed by atoms with Crippen molar-refractivity contribution >= 4 is 5.82 Å². The van der Waals surface area contributed by atoms with E-state index in [0.29, 0.717) is 19.1 Å². The highest BCUT2D eigenvalue weighted by molar-refractivity contribution is 5.35. The molecule has 4 rings (SSSR count). The Labute approximate surface area is 140 Å². The van der Waals surface area contributed by atoms with E-state index in [9.17, 15) is 0 Å². The molecule has 0 amide bonds. The van der Waals surface area contributed by atoms with Gasteiger partial charge in [0.1, 0.15) is 0 Å². The minimum absolute atomic E-state index is 0.126. The average molecular weight is 330 g/mol. The summed E-state index contributed by atoms with van der Waals surface area (Å²) in [7, 11) is 2.01. The van der Waals surface area contributed by atoms with Crippen LogP contribution in [0, 0.1) is 0 Å². The third-order valence-electron chi connectivity index (χ3n) is 4.43. The molecule has 1 aliphatic heterocycles. The van der Waals surface area contributed by atoms with Crippen molar-refractivity contribution in [1.29, 1.82) is 0 Å². The molecule has 8 nitrogen and oxygen atoms in total. The third kappa shape index (κ3) is 3.70. The first-order valence-electron chi connectivity index (χ1n) is 8.43. The van der Waals surface area contributed by atoms with E-state index < -0.39 is 0 Å². The van der Waals surface area contributed by atoms with Gasteiger partial charge in [-0.3, -0.25) is 4.90 Å². The van der Waals surface area contributed by atoms with E-state index in [2.05, 4.69) is 30.1 Å². The van der Waals surface area contributed by atoms with Crippen LogP contribution in [0.15, 0.2) is 22.9 Å². The Balaban J connectivity index is 1.31. The molecule has 128 valence electrons. The van der Waals surface area contributed by atoms with Crippen LogP contribution in [0.25, 0.3) is 0 Å². The van der Waals surface area contributed by atoms with Crippen LogP contribution in [0.5, 0.6) is 0 Å². The summed E-state index contributed by atoms with van der Waals surface area (Å²) in [5.41, 5.74) is 0. The van der Waals surface area contributed by atoms with Crippen molar-refractivity contribution in [2.24, 2.45) is 0 Å². The molecule has 2 aromatic rings. The molecule has 0 radical (unpaired) electrons. The van der Waals surface area contributed by atoms with Crippen LogP contribution in [0.4, 0.5) is 5.82 Å². The first-order valence-corrected chi connectivity index (χ1v) is 8.43. The van der Waals surface area contributed by atoms with Crippen LogP contribution >= 0.6 is 0 Å². The molecule has 1 atom stereocenters. The van der Waals surface area contributed by atoms with E-state index in [1.807, 2.05) is 19.2 Å². The highest BCUT2D eigenvalue weighted by atomic mass is 16.5. The van der Waals surface area contributed by atoms with Gasteiger partial charge in [0.05, 0.1) is 19.3 Å². The molecule has 2 aromatic heterocycles. The number of morpholine rings is 1. The Hall–Kier alpha value is -2.06. The van der Waals surface area contributed by atoms with Crippen LogP contribution in [0.3, 0.4) is 0 Å². The Kier molecular flexibility index (Phi) is 4.40. The monoisotopic (exact) mass is 330 g/mol. The molecule has 3 heterocycles. The minimum atomic E-state index is 0.126. The number of rotatable bonds is 6. The molecule has 0 bridgehead atoms. The van der Waals surface area contributed by atoms with E-state index in [1.165, 1.54) is 12.8 Å². The van der Waals surface area contributed by atoms with Crippen molar-refractivity contribution in [1.82, 2.24) is 25.2 Å². The number of hydrogen-bond acceptors (Lipinski definition) is 8. The lowest BCUT2D eigenvalue weighted by Gasteiger charge is -2.34. The van der Waals surface area contributed by atoms with Crippen molar-refractivity contribution in [3.8, 4) is 0 Å². The fraction of sp³-hybridized carbons (Fsp3) is 0.625. The smallest absolute Gasteiger partial charge is 0.229 e. The lowest BCUT2D eigenvalue weighted by molar-refractivity contribution is -0.0274. The number of aromatic nitrogens is 4. The van der Waals surface area contributed by atoms with Crippen LogP contribution in [-0.4, -0.2) is 64.6 Å². The highest BCUT2D eigenvalue weighted by Gasteiger charge is 2.30. The lowest BCUT2D eigenvalue weighted by Crippen LogP contribution is -2.46. The first kappa shape index (κ1) is 15.5. The van der Waals surface area contributed by atoms with Gasteiger partial charge in [-0.15, -0.1) is 5.10 Å². The summed E-state index contributed by atoms with van der Waals surface area (Å²) in [6.07, 6.45) is 4.16. The predicted molar refractivity (Wildman–Crippen MR) is 86.6 cm³/mol. The van der Waals surface area contributed by atoms with Crippen molar-refractivity contribution in [2.75, 3.05) is 38.2 Å². The number of likely N-dealkylation sites (N-methyl/N-ethyl adjacent to an activating group) is 1. The first-order chi connectivity index (χ1) is 11.8. The Morgan fingerprint density at radius 1 is 1.38 bits per heavy atom. The van der Waals surface area contributed by atoms with Gasteiger partial charge in [-0.05, 0) is 25.0 Å². The van der Waals surface area contributed by atoms with E-state index in [4.69, 9.17) is 9.26 Å². The quantitative estimate of drug-likeness (QED) is 0.778. The van der Waals surface area contributed by atoms with E-state index in [1.54, 1.807) is 6.20 Å². The molecule has 2 aliphatic rings. The van der Waals surface area contributed by atoms with E-state index >= 15 is 0 Å². The minimum Gasteiger partial charge on any atom is -0.374 e. The molecule has 1 unspecified atom stereocenters. The second-order valence-corrected chi connectivity index (χ2v) is 6.51. The van der Waals surface area contributed by atoms with Gasteiger partial charge in [0.25, 0.3) is 0 Å². The fourth-order valence-electron chi connectivity index (χ4n) is 2.96. The predicted octanol–water partition coefficient (Wildman–Crippen LogP) is 1.07. The molecule has 24 heavy (non-hydrogen) atoms. The zero-order valence-corrected chi connectivity index (χ0v) is 13.8. The third-order valence-corrected chi connectivity index (χ3v) is 4.43. The van der Waals surface area contributed by atoms with Gasteiger partial charge < -0.3 is 14.2 Å². The maximum Gasteiger partial charge on any atom is 0.229 e. The summed E-state index contributed by atoms with van der Waals surface area (Å²) in [5.74, 6) is 2.94. The molecule has 1 aliphatic carbocycles. The number of hydrogen-bond donors (Lipinski definition) is 0.